The molecule has 0 aliphatic heterocycles. The number of hydrogen-bond donors (Lipinski definition) is 1. The van der Waals surface area contributed by atoms with Crippen molar-refractivity contribution in [1.82, 2.24) is 4.90 Å². The number of benzene rings is 1. The fourth-order valence-electron chi connectivity index (χ4n) is 1.44. The van der Waals surface area contributed by atoms with Crippen molar-refractivity contribution in [2.45, 2.75) is 26.0 Å². The Bertz CT molecular complexity index is 344. The van der Waals surface area contributed by atoms with Crippen molar-refractivity contribution in [2.24, 2.45) is 0 Å². The highest BCUT2D eigenvalue weighted by molar-refractivity contribution is 9.10. The zero-order chi connectivity index (χ0) is 12.1. The molecule has 16 heavy (non-hydrogen) atoms. The third kappa shape index (κ3) is 4.60. The summed E-state index contributed by atoms with van der Waals surface area (Å²) in [6.07, 6.45) is 0.444. The molecule has 0 saturated carbocycles. The molecule has 4 heteroatoms. The van der Waals surface area contributed by atoms with Gasteiger partial charge in [-0.05, 0) is 54.0 Å². The van der Waals surface area contributed by atoms with Gasteiger partial charge in [0.2, 0.25) is 0 Å². The van der Waals surface area contributed by atoms with E-state index in [1.54, 1.807) is 13.0 Å². The van der Waals surface area contributed by atoms with E-state index in [1.807, 2.05) is 13.1 Å². The molecule has 1 N–H and O–H groups in total. The molecule has 0 aromatic heterocycles. The summed E-state index contributed by atoms with van der Waals surface area (Å²) in [6.45, 7) is 3.26. The van der Waals surface area contributed by atoms with E-state index >= 15 is 0 Å². The number of nitrogens with zero attached hydrogens (tertiary/aromatic N) is 1. The minimum Gasteiger partial charge on any atom is -0.393 e. The van der Waals surface area contributed by atoms with Crippen molar-refractivity contribution in [1.29, 1.82) is 0 Å². The summed E-state index contributed by atoms with van der Waals surface area (Å²) in [5.74, 6) is -0.235. The smallest absolute Gasteiger partial charge is 0.137 e. The van der Waals surface area contributed by atoms with E-state index in [4.69, 9.17) is 5.11 Å². The highest BCUT2D eigenvalue weighted by atomic mass is 79.9. The molecule has 1 aromatic carbocycles. The fourth-order valence-corrected chi connectivity index (χ4v) is 1.68. The van der Waals surface area contributed by atoms with E-state index in [0.29, 0.717) is 11.0 Å². The summed E-state index contributed by atoms with van der Waals surface area (Å²) in [7, 11) is 1.96. The van der Waals surface area contributed by atoms with Crippen LogP contribution in [0, 0.1) is 5.82 Å². The van der Waals surface area contributed by atoms with Crippen molar-refractivity contribution in [2.75, 3.05) is 13.6 Å². The van der Waals surface area contributed by atoms with E-state index in [1.165, 1.54) is 6.07 Å². The molecule has 90 valence electrons. The molecule has 0 amide bonds. The van der Waals surface area contributed by atoms with Crippen LogP contribution in [0.4, 0.5) is 4.39 Å². The van der Waals surface area contributed by atoms with Gasteiger partial charge in [0.25, 0.3) is 0 Å². The summed E-state index contributed by atoms with van der Waals surface area (Å²) in [5, 5.41) is 9.15. The van der Waals surface area contributed by atoms with Crippen molar-refractivity contribution in [3.8, 4) is 0 Å². The Kier molecular flexibility index (Phi) is 5.38. The minimum atomic E-state index is -0.288. The first-order valence-electron chi connectivity index (χ1n) is 5.29. The van der Waals surface area contributed by atoms with Gasteiger partial charge in [-0.1, -0.05) is 6.07 Å². The van der Waals surface area contributed by atoms with Crippen molar-refractivity contribution >= 4 is 15.9 Å². The summed E-state index contributed by atoms with van der Waals surface area (Å²) in [5.41, 5.74) is 0.939. The van der Waals surface area contributed by atoms with Crippen LogP contribution in [0.25, 0.3) is 0 Å². The molecule has 1 rings (SSSR count). The first kappa shape index (κ1) is 13.6. The average molecular weight is 290 g/mol. The predicted molar refractivity (Wildman–Crippen MR) is 66.7 cm³/mol. The van der Waals surface area contributed by atoms with Gasteiger partial charge < -0.3 is 10.0 Å². The predicted octanol–water partition coefficient (Wildman–Crippen LogP) is 2.79. The molecule has 0 radical (unpaired) electrons. The maximum Gasteiger partial charge on any atom is 0.137 e. The van der Waals surface area contributed by atoms with E-state index in [9.17, 15) is 4.39 Å². The first-order chi connectivity index (χ1) is 7.49. The third-order valence-corrected chi connectivity index (χ3v) is 3.01. The molecule has 0 aliphatic rings. The van der Waals surface area contributed by atoms with Gasteiger partial charge in [-0.25, -0.2) is 4.39 Å². The zero-order valence-corrected chi connectivity index (χ0v) is 11.2. The van der Waals surface area contributed by atoms with Crippen LogP contribution in [0.2, 0.25) is 0 Å². The first-order valence-corrected chi connectivity index (χ1v) is 6.09. The van der Waals surface area contributed by atoms with Gasteiger partial charge >= 0.3 is 0 Å². The lowest BCUT2D eigenvalue weighted by atomic mass is 10.2. The molecule has 0 heterocycles. The Morgan fingerprint density at radius 3 is 2.75 bits per heavy atom. The monoisotopic (exact) mass is 289 g/mol. The molecule has 0 bridgehead atoms. The van der Waals surface area contributed by atoms with Gasteiger partial charge in [0.1, 0.15) is 5.82 Å². The second kappa shape index (κ2) is 6.33. The molecule has 1 unspecified atom stereocenters. The molecule has 1 aromatic rings. The van der Waals surface area contributed by atoms with Crippen molar-refractivity contribution in [3.63, 3.8) is 0 Å². The second-order valence-corrected chi connectivity index (χ2v) is 4.98. The van der Waals surface area contributed by atoms with Crippen molar-refractivity contribution < 1.29 is 9.50 Å². The van der Waals surface area contributed by atoms with E-state index in [0.717, 1.165) is 18.5 Å². The molecule has 0 saturated heterocycles. The second-order valence-electron chi connectivity index (χ2n) is 4.12. The van der Waals surface area contributed by atoms with Crippen LogP contribution in [0.3, 0.4) is 0 Å². The quantitative estimate of drug-likeness (QED) is 0.901. The summed E-state index contributed by atoms with van der Waals surface area (Å²) in [4.78, 5) is 2.06. The highest BCUT2D eigenvalue weighted by Gasteiger charge is 2.05. The standard InChI is InChI=1S/C12H17BrFNO/c1-9(16)5-6-15(2)8-10-3-4-11(13)12(14)7-10/h3-4,7,9,16H,5-6,8H2,1-2H3. The topological polar surface area (TPSA) is 23.5 Å². The van der Waals surface area contributed by atoms with Crippen LogP contribution >= 0.6 is 15.9 Å². The van der Waals surface area contributed by atoms with E-state index < -0.39 is 0 Å². The van der Waals surface area contributed by atoms with Crippen molar-refractivity contribution in [3.05, 3.63) is 34.1 Å². The van der Waals surface area contributed by atoms with E-state index in [2.05, 4.69) is 20.8 Å². The lowest BCUT2D eigenvalue weighted by molar-refractivity contribution is 0.163. The molecule has 0 fully saturated rings. The van der Waals surface area contributed by atoms with Gasteiger partial charge in [-0.3, -0.25) is 0 Å². The van der Waals surface area contributed by atoms with Crippen LogP contribution in [0.1, 0.15) is 18.9 Å². The van der Waals surface area contributed by atoms with Gasteiger partial charge in [0.15, 0.2) is 0 Å². The maximum absolute atomic E-state index is 13.2. The van der Waals surface area contributed by atoms with Crippen LogP contribution in [0.5, 0.6) is 0 Å². The number of aliphatic hydroxyl groups is 1. The Balaban J connectivity index is 2.49. The van der Waals surface area contributed by atoms with E-state index in [-0.39, 0.29) is 11.9 Å². The van der Waals surface area contributed by atoms with Crippen LogP contribution < -0.4 is 0 Å². The van der Waals surface area contributed by atoms with Gasteiger partial charge in [0, 0.05) is 13.1 Å². The number of rotatable bonds is 5. The number of aliphatic hydroxyl groups excluding tert-OH is 1. The summed E-state index contributed by atoms with van der Waals surface area (Å²) in [6, 6.07) is 5.14. The highest BCUT2D eigenvalue weighted by Crippen LogP contribution is 2.17. The van der Waals surface area contributed by atoms with Gasteiger partial charge in [0.05, 0.1) is 10.6 Å². The Hall–Kier alpha value is -0.450. The SMILES string of the molecule is CC(O)CCN(C)Cc1ccc(Br)c(F)c1. The largest absolute Gasteiger partial charge is 0.393 e. The van der Waals surface area contributed by atoms with Crippen LogP contribution in [0.15, 0.2) is 22.7 Å². The number of hydrogen-bond acceptors (Lipinski definition) is 2. The summed E-state index contributed by atoms with van der Waals surface area (Å²) < 4.78 is 13.7. The number of halogens is 2. The average Bonchev–Trinajstić information content (AvgIpc) is 2.21. The normalized spacial score (nSPS) is 13.1. The lowest BCUT2D eigenvalue weighted by Crippen LogP contribution is -2.22. The Morgan fingerprint density at radius 1 is 1.50 bits per heavy atom. The zero-order valence-electron chi connectivity index (χ0n) is 9.58. The van der Waals surface area contributed by atoms with Gasteiger partial charge in [-0.15, -0.1) is 0 Å². The third-order valence-electron chi connectivity index (χ3n) is 2.37. The Morgan fingerprint density at radius 2 is 2.19 bits per heavy atom. The molecular formula is C12H17BrFNO. The molecule has 2 nitrogen and oxygen atoms in total. The summed E-state index contributed by atoms with van der Waals surface area (Å²) >= 11 is 3.12. The molecule has 0 spiro atoms. The maximum atomic E-state index is 13.2. The fraction of sp³-hybridized carbons (Fsp3) is 0.500. The molecule has 1 atom stereocenters. The Labute approximate surface area is 104 Å². The molecule has 0 aliphatic carbocycles. The van der Waals surface area contributed by atoms with Gasteiger partial charge in [-0.2, -0.15) is 0 Å². The van der Waals surface area contributed by atoms with Crippen LogP contribution in [-0.2, 0) is 6.54 Å². The lowest BCUT2D eigenvalue weighted by Gasteiger charge is -2.17. The van der Waals surface area contributed by atoms with Crippen LogP contribution in [-0.4, -0.2) is 29.7 Å². The molecular weight excluding hydrogens is 273 g/mol. The minimum absolute atomic E-state index is 0.235.